The van der Waals surface area contributed by atoms with Crippen molar-refractivity contribution >= 4 is 17.2 Å². The van der Waals surface area contributed by atoms with Gasteiger partial charge in [0.25, 0.3) is 5.91 Å². The van der Waals surface area contributed by atoms with Crippen LogP contribution in [0.15, 0.2) is 53.1 Å². The van der Waals surface area contributed by atoms with E-state index < -0.39 is 0 Å². The molecular formula is C15H18N2OS. The third-order valence-corrected chi connectivity index (χ3v) is 4.03. The first kappa shape index (κ1) is 13.6. The molecule has 1 amide bonds. The van der Waals surface area contributed by atoms with Crippen molar-refractivity contribution in [2.45, 2.75) is 20.3 Å². The van der Waals surface area contributed by atoms with Crippen molar-refractivity contribution in [2.24, 2.45) is 5.92 Å². The van der Waals surface area contributed by atoms with Crippen LogP contribution in [0.5, 0.6) is 0 Å². The average Bonchev–Trinajstić information content (AvgIpc) is 2.91. The summed E-state index contributed by atoms with van der Waals surface area (Å²) < 4.78 is 0. The fourth-order valence-electron chi connectivity index (χ4n) is 1.89. The minimum atomic E-state index is -0.110. The lowest BCUT2D eigenvalue weighted by molar-refractivity contribution is 0.0943. The monoisotopic (exact) mass is 274 g/mol. The molecule has 2 N–H and O–H groups in total. The van der Waals surface area contributed by atoms with Crippen LogP contribution < -0.4 is 10.9 Å². The zero-order valence-electron chi connectivity index (χ0n) is 11.2. The zero-order valence-corrected chi connectivity index (χ0v) is 12.0. The Kier molecular flexibility index (Phi) is 4.22. The number of hydrogen-bond acceptors (Lipinski definition) is 3. The molecular weight excluding hydrogens is 256 g/mol. The number of allylic oxidation sites excluding steroid dienone is 4. The molecule has 0 aliphatic heterocycles. The van der Waals surface area contributed by atoms with Gasteiger partial charge in [0.2, 0.25) is 0 Å². The van der Waals surface area contributed by atoms with E-state index in [0.717, 1.165) is 23.3 Å². The van der Waals surface area contributed by atoms with Crippen molar-refractivity contribution in [3.05, 3.63) is 58.0 Å². The van der Waals surface area contributed by atoms with Gasteiger partial charge in [0.1, 0.15) is 0 Å². The molecule has 0 spiro atoms. The molecule has 1 aliphatic carbocycles. The van der Waals surface area contributed by atoms with Crippen molar-refractivity contribution in [3.63, 3.8) is 0 Å². The Balaban J connectivity index is 1.99. The molecule has 1 aromatic heterocycles. The summed E-state index contributed by atoms with van der Waals surface area (Å²) in [6, 6.07) is 3.66. The minimum absolute atomic E-state index is 0.110. The molecule has 0 aromatic carbocycles. The van der Waals surface area contributed by atoms with Crippen molar-refractivity contribution in [2.75, 3.05) is 0 Å². The van der Waals surface area contributed by atoms with E-state index in [0.29, 0.717) is 10.8 Å². The molecule has 2 rings (SSSR count). The van der Waals surface area contributed by atoms with Gasteiger partial charge in [-0.2, -0.15) is 0 Å². The molecule has 0 fully saturated rings. The Hall–Kier alpha value is -1.81. The van der Waals surface area contributed by atoms with Crippen molar-refractivity contribution in [1.82, 2.24) is 10.9 Å². The summed E-state index contributed by atoms with van der Waals surface area (Å²) in [6.07, 6.45) is 5.26. The number of thiophene rings is 1. The van der Waals surface area contributed by atoms with Crippen LogP contribution in [0.2, 0.25) is 0 Å². The largest absolute Gasteiger partial charge is 0.298 e. The van der Waals surface area contributed by atoms with Crippen molar-refractivity contribution < 1.29 is 4.79 Å². The number of rotatable bonds is 4. The minimum Gasteiger partial charge on any atom is -0.298 e. The number of amides is 1. The highest BCUT2D eigenvalue weighted by molar-refractivity contribution is 7.12. The maximum atomic E-state index is 11.8. The van der Waals surface area contributed by atoms with E-state index in [9.17, 15) is 4.79 Å². The summed E-state index contributed by atoms with van der Waals surface area (Å²) >= 11 is 1.42. The van der Waals surface area contributed by atoms with Gasteiger partial charge in [0.15, 0.2) is 0 Å². The normalized spacial score (nSPS) is 18.3. The lowest BCUT2D eigenvalue weighted by Crippen LogP contribution is -2.37. The first-order valence-corrected chi connectivity index (χ1v) is 7.10. The fourth-order valence-corrected chi connectivity index (χ4v) is 2.51. The van der Waals surface area contributed by atoms with E-state index in [4.69, 9.17) is 0 Å². The number of carbonyl (C=O) groups is 1. The van der Waals surface area contributed by atoms with Crippen LogP contribution in [0.4, 0.5) is 0 Å². The van der Waals surface area contributed by atoms with Crippen LogP contribution in [0.25, 0.3) is 0 Å². The fraction of sp³-hybridized carbons (Fsp3) is 0.267. The third-order valence-electron chi connectivity index (χ3n) is 3.16. The maximum Gasteiger partial charge on any atom is 0.279 e. The Morgan fingerprint density at radius 1 is 1.53 bits per heavy atom. The molecule has 0 bridgehead atoms. The molecule has 1 unspecified atom stereocenters. The second-order valence-electron chi connectivity index (χ2n) is 4.71. The number of hydrogen-bond donors (Lipinski definition) is 2. The van der Waals surface area contributed by atoms with E-state index in [2.05, 4.69) is 29.6 Å². The molecule has 1 aromatic rings. The Morgan fingerprint density at radius 3 is 2.95 bits per heavy atom. The van der Waals surface area contributed by atoms with Crippen LogP contribution >= 0.6 is 11.3 Å². The SMILES string of the molecule is C=C(C)C1C=C(NNC(=O)c2cccs2)C(C)=CC1. The van der Waals surface area contributed by atoms with Gasteiger partial charge in [-0.1, -0.05) is 30.4 Å². The van der Waals surface area contributed by atoms with Gasteiger partial charge in [0.05, 0.1) is 10.6 Å². The second-order valence-corrected chi connectivity index (χ2v) is 5.66. The van der Waals surface area contributed by atoms with Crippen LogP contribution in [0.1, 0.15) is 29.9 Å². The van der Waals surface area contributed by atoms with Gasteiger partial charge in [-0.3, -0.25) is 15.6 Å². The quantitative estimate of drug-likeness (QED) is 0.652. The average molecular weight is 274 g/mol. The summed E-state index contributed by atoms with van der Waals surface area (Å²) in [7, 11) is 0. The first-order chi connectivity index (χ1) is 9.08. The first-order valence-electron chi connectivity index (χ1n) is 6.22. The van der Waals surface area contributed by atoms with Crippen LogP contribution in [0.3, 0.4) is 0 Å². The molecule has 0 saturated carbocycles. The molecule has 1 aliphatic rings. The Bertz CT molecular complexity index is 541. The van der Waals surface area contributed by atoms with Crippen LogP contribution in [0, 0.1) is 5.92 Å². The molecule has 0 radical (unpaired) electrons. The van der Waals surface area contributed by atoms with Crippen molar-refractivity contribution in [1.29, 1.82) is 0 Å². The van der Waals surface area contributed by atoms with Crippen LogP contribution in [-0.4, -0.2) is 5.91 Å². The standard InChI is InChI=1S/C15H18N2OS/c1-10(2)12-7-6-11(3)13(9-12)16-17-15(18)14-5-4-8-19-14/h4-6,8-9,12,16H,1,7H2,2-3H3,(H,17,18). The Labute approximate surface area is 117 Å². The molecule has 1 atom stereocenters. The molecule has 19 heavy (non-hydrogen) atoms. The van der Waals surface area contributed by atoms with E-state index in [-0.39, 0.29) is 5.91 Å². The number of hydrazine groups is 1. The molecule has 100 valence electrons. The summed E-state index contributed by atoms with van der Waals surface area (Å²) in [4.78, 5) is 12.5. The predicted octanol–water partition coefficient (Wildman–Crippen LogP) is 3.41. The zero-order chi connectivity index (χ0) is 13.8. The number of carbonyl (C=O) groups excluding carboxylic acids is 1. The van der Waals surface area contributed by atoms with Gasteiger partial charge in [0, 0.05) is 5.92 Å². The highest BCUT2D eigenvalue weighted by Crippen LogP contribution is 2.25. The summed E-state index contributed by atoms with van der Waals surface area (Å²) in [5, 5.41) is 1.89. The summed E-state index contributed by atoms with van der Waals surface area (Å²) in [6.45, 7) is 8.04. The summed E-state index contributed by atoms with van der Waals surface area (Å²) in [5.74, 6) is 0.228. The maximum absolute atomic E-state index is 11.8. The lowest BCUT2D eigenvalue weighted by Gasteiger charge is -2.21. The third kappa shape index (κ3) is 3.35. The Morgan fingerprint density at radius 2 is 2.32 bits per heavy atom. The second kappa shape index (κ2) is 5.89. The highest BCUT2D eigenvalue weighted by atomic mass is 32.1. The predicted molar refractivity (Wildman–Crippen MR) is 79.7 cm³/mol. The summed E-state index contributed by atoms with van der Waals surface area (Å²) in [5.41, 5.74) is 8.95. The van der Waals surface area contributed by atoms with E-state index in [1.165, 1.54) is 11.3 Å². The van der Waals surface area contributed by atoms with Gasteiger partial charge >= 0.3 is 0 Å². The van der Waals surface area contributed by atoms with Gasteiger partial charge in [-0.15, -0.1) is 11.3 Å². The van der Waals surface area contributed by atoms with Gasteiger partial charge < -0.3 is 0 Å². The van der Waals surface area contributed by atoms with Gasteiger partial charge in [-0.25, -0.2) is 0 Å². The molecule has 0 saturated heterocycles. The highest BCUT2D eigenvalue weighted by Gasteiger charge is 2.14. The molecule has 4 heteroatoms. The molecule has 1 heterocycles. The van der Waals surface area contributed by atoms with Crippen LogP contribution in [-0.2, 0) is 0 Å². The van der Waals surface area contributed by atoms with Crippen molar-refractivity contribution in [3.8, 4) is 0 Å². The van der Waals surface area contributed by atoms with E-state index >= 15 is 0 Å². The van der Waals surface area contributed by atoms with E-state index in [1.807, 2.05) is 25.3 Å². The lowest BCUT2D eigenvalue weighted by atomic mass is 9.90. The number of nitrogens with one attached hydrogen (secondary N) is 2. The smallest absolute Gasteiger partial charge is 0.279 e. The topological polar surface area (TPSA) is 41.1 Å². The molecule has 3 nitrogen and oxygen atoms in total. The van der Waals surface area contributed by atoms with Gasteiger partial charge in [-0.05, 0) is 37.3 Å². The van der Waals surface area contributed by atoms with E-state index in [1.54, 1.807) is 6.07 Å².